The summed E-state index contributed by atoms with van der Waals surface area (Å²) in [5.41, 5.74) is 5.36. The summed E-state index contributed by atoms with van der Waals surface area (Å²) < 4.78 is 32.9. The van der Waals surface area contributed by atoms with E-state index in [1.165, 1.54) is 96.3 Å². The van der Waals surface area contributed by atoms with Gasteiger partial charge in [0.05, 0.1) is 13.2 Å². The van der Waals surface area contributed by atoms with Gasteiger partial charge in [0.25, 0.3) is 0 Å². The molecule has 0 bridgehead atoms. The Morgan fingerprint density at radius 2 is 0.902 bits per heavy atom. The highest BCUT2D eigenvalue weighted by molar-refractivity contribution is 7.47. The molecule has 0 saturated carbocycles. The summed E-state index contributed by atoms with van der Waals surface area (Å²) in [5.74, 6) is -0.868. The third-order valence-electron chi connectivity index (χ3n) is 10.1. The number of esters is 2. The number of hydrogen-bond acceptors (Lipinski definition) is 8. The molecule has 0 heterocycles. The lowest BCUT2D eigenvalue weighted by molar-refractivity contribution is -0.161. The van der Waals surface area contributed by atoms with Crippen molar-refractivity contribution >= 4 is 19.8 Å². The quantitative estimate of drug-likeness (QED) is 0.0265. The molecule has 0 aliphatic rings. The van der Waals surface area contributed by atoms with E-state index in [1.807, 2.05) is 0 Å². The SMILES string of the molecule is CCC=CCC=CCC=CCC=CCC=CCCCCCC(=O)OCC(COP(=O)(O)OCCN)OC(=O)CCCCCCCCCCCCCC=CCCCCCCCC. The Morgan fingerprint density at radius 3 is 1.38 bits per heavy atom. The third-order valence-corrected chi connectivity index (χ3v) is 11.1. The van der Waals surface area contributed by atoms with Crippen molar-refractivity contribution in [3.05, 3.63) is 72.9 Å². The number of carbonyl (C=O) groups excluding carboxylic acids is 2. The molecule has 10 heteroatoms. The van der Waals surface area contributed by atoms with Crippen molar-refractivity contribution in [1.29, 1.82) is 0 Å². The summed E-state index contributed by atoms with van der Waals surface area (Å²) in [7, 11) is -4.39. The highest BCUT2D eigenvalue weighted by Gasteiger charge is 2.26. The number of allylic oxidation sites excluding steroid dienone is 12. The van der Waals surface area contributed by atoms with Crippen molar-refractivity contribution in [3.8, 4) is 0 Å². The first-order chi connectivity index (χ1) is 29.8. The molecule has 0 saturated heterocycles. The smallest absolute Gasteiger partial charge is 0.462 e. The molecule has 0 aromatic heterocycles. The van der Waals surface area contributed by atoms with E-state index in [0.29, 0.717) is 12.8 Å². The maximum atomic E-state index is 12.6. The van der Waals surface area contributed by atoms with E-state index < -0.39 is 32.5 Å². The third kappa shape index (κ3) is 46.8. The summed E-state index contributed by atoms with van der Waals surface area (Å²) in [6.45, 7) is 3.58. The molecule has 0 aliphatic heterocycles. The van der Waals surface area contributed by atoms with Crippen molar-refractivity contribution in [1.82, 2.24) is 0 Å². The second-order valence-electron chi connectivity index (χ2n) is 15.9. The van der Waals surface area contributed by atoms with Gasteiger partial charge >= 0.3 is 19.8 Å². The number of carbonyl (C=O) groups is 2. The molecule has 0 radical (unpaired) electrons. The normalized spacial score (nSPS) is 13.8. The molecule has 0 aromatic rings. The van der Waals surface area contributed by atoms with Gasteiger partial charge in [-0.25, -0.2) is 4.57 Å². The Labute approximate surface area is 373 Å². The minimum atomic E-state index is -4.39. The van der Waals surface area contributed by atoms with E-state index >= 15 is 0 Å². The fourth-order valence-electron chi connectivity index (χ4n) is 6.48. The van der Waals surface area contributed by atoms with Gasteiger partial charge in [0, 0.05) is 19.4 Å². The molecule has 0 rings (SSSR count). The van der Waals surface area contributed by atoms with Gasteiger partial charge in [-0.05, 0) is 83.5 Å². The first-order valence-electron chi connectivity index (χ1n) is 24.4. The Morgan fingerprint density at radius 1 is 0.508 bits per heavy atom. The lowest BCUT2D eigenvalue weighted by atomic mass is 10.0. The van der Waals surface area contributed by atoms with Gasteiger partial charge in [0.1, 0.15) is 6.61 Å². The van der Waals surface area contributed by atoms with Crippen LogP contribution < -0.4 is 5.73 Å². The summed E-state index contributed by atoms with van der Waals surface area (Å²) in [6, 6.07) is 0. The van der Waals surface area contributed by atoms with Gasteiger partial charge < -0.3 is 20.1 Å². The molecule has 2 unspecified atom stereocenters. The summed E-state index contributed by atoms with van der Waals surface area (Å²) in [5, 5.41) is 0. The molecular formula is C51H90NO8P. The van der Waals surface area contributed by atoms with Crippen LogP contribution in [0.15, 0.2) is 72.9 Å². The molecular weight excluding hydrogens is 786 g/mol. The molecule has 352 valence electrons. The molecule has 3 N–H and O–H groups in total. The Kier molecular flexibility index (Phi) is 45.0. The number of unbranched alkanes of at least 4 members (excludes halogenated alkanes) is 20. The fourth-order valence-corrected chi connectivity index (χ4v) is 7.24. The molecule has 2 atom stereocenters. The van der Waals surface area contributed by atoms with Crippen LogP contribution in [0.3, 0.4) is 0 Å². The molecule has 0 fully saturated rings. The van der Waals surface area contributed by atoms with Crippen LogP contribution >= 0.6 is 7.82 Å². The second-order valence-corrected chi connectivity index (χ2v) is 17.4. The number of rotatable bonds is 45. The average Bonchev–Trinajstić information content (AvgIpc) is 3.25. The molecule has 0 aromatic carbocycles. The lowest BCUT2D eigenvalue weighted by Gasteiger charge is -2.19. The molecule has 0 amide bonds. The van der Waals surface area contributed by atoms with Gasteiger partial charge in [-0.15, -0.1) is 0 Å². The zero-order valence-electron chi connectivity index (χ0n) is 38.9. The van der Waals surface area contributed by atoms with Gasteiger partial charge in [0.15, 0.2) is 6.10 Å². The molecule has 9 nitrogen and oxygen atoms in total. The Balaban J connectivity index is 4.14. The van der Waals surface area contributed by atoms with Crippen LogP contribution in [0.25, 0.3) is 0 Å². The first kappa shape index (κ1) is 58.5. The highest BCUT2D eigenvalue weighted by Crippen LogP contribution is 2.43. The number of phosphoric acid groups is 1. The van der Waals surface area contributed by atoms with E-state index in [9.17, 15) is 19.0 Å². The standard InChI is InChI=1S/C51H90NO8P/c1-3-5-7-9-11-13-15-17-19-21-23-24-26-28-30-32-34-36-38-40-42-44-51(54)60-49(48-59-61(55,56)58-46-45-52)47-57-50(53)43-41-39-37-35-33-31-29-27-25-22-20-18-16-14-12-10-8-6-4-2/h6,8,12,14,17-20,25,27,31,33,49H,3-5,7,9-11,13,15-16,21-24,26,28-30,32,34-48,52H2,1-2H3,(H,55,56). The van der Waals surface area contributed by atoms with E-state index in [-0.39, 0.29) is 32.6 Å². The van der Waals surface area contributed by atoms with E-state index in [0.717, 1.165) is 70.6 Å². The van der Waals surface area contributed by atoms with E-state index in [4.69, 9.17) is 24.3 Å². The highest BCUT2D eigenvalue weighted by atomic mass is 31.2. The zero-order chi connectivity index (χ0) is 44.6. The summed E-state index contributed by atoms with van der Waals surface area (Å²) in [6.07, 6.45) is 57.9. The van der Waals surface area contributed by atoms with Gasteiger partial charge in [-0.2, -0.15) is 0 Å². The Bertz CT molecular complexity index is 1230. The van der Waals surface area contributed by atoms with Crippen LogP contribution in [0.1, 0.15) is 206 Å². The van der Waals surface area contributed by atoms with Crippen LogP contribution in [0.2, 0.25) is 0 Å². The van der Waals surface area contributed by atoms with Crippen LogP contribution in [0.5, 0.6) is 0 Å². The minimum Gasteiger partial charge on any atom is -0.462 e. The average molecular weight is 876 g/mol. The molecule has 0 spiro atoms. The van der Waals surface area contributed by atoms with Crippen LogP contribution in [0, 0.1) is 0 Å². The fraction of sp³-hybridized carbons (Fsp3) is 0.725. The van der Waals surface area contributed by atoms with Crippen molar-refractivity contribution in [2.45, 2.75) is 213 Å². The topological polar surface area (TPSA) is 134 Å². The van der Waals surface area contributed by atoms with Gasteiger partial charge in [-0.1, -0.05) is 183 Å². The van der Waals surface area contributed by atoms with Gasteiger partial charge in [0.2, 0.25) is 0 Å². The minimum absolute atomic E-state index is 0.0456. The van der Waals surface area contributed by atoms with Gasteiger partial charge in [-0.3, -0.25) is 18.6 Å². The summed E-state index contributed by atoms with van der Waals surface area (Å²) in [4.78, 5) is 35.0. The maximum absolute atomic E-state index is 12.6. The van der Waals surface area contributed by atoms with Crippen LogP contribution in [-0.4, -0.2) is 49.3 Å². The van der Waals surface area contributed by atoms with Crippen LogP contribution in [-0.2, 0) is 32.7 Å². The van der Waals surface area contributed by atoms with Crippen molar-refractivity contribution < 1.29 is 37.6 Å². The van der Waals surface area contributed by atoms with Crippen molar-refractivity contribution in [2.24, 2.45) is 5.73 Å². The largest absolute Gasteiger partial charge is 0.472 e. The number of hydrogen-bond donors (Lipinski definition) is 2. The van der Waals surface area contributed by atoms with Crippen molar-refractivity contribution in [3.63, 3.8) is 0 Å². The maximum Gasteiger partial charge on any atom is 0.472 e. The summed E-state index contributed by atoms with van der Waals surface area (Å²) >= 11 is 0. The Hall–Kier alpha value is -2.55. The lowest BCUT2D eigenvalue weighted by Crippen LogP contribution is -2.29. The van der Waals surface area contributed by atoms with Crippen LogP contribution in [0.4, 0.5) is 0 Å². The number of nitrogens with two attached hydrogens (primary N) is 1. The predicted octanol–water partition coefficient (Wildman–Crippen LogP) is 14.6. The first-order valence-corrected chi connectivity index (χ1v) is 25.9. The molecule has 61 heavy (non-hydrogen) atoms. The zero-order valence-corrected chi connectivity index (χ0v) is 39.8. The van der Waals surface area contributed by atoms with Crippen molar-refractivity contribution in [2.75, 3.05) is 26.4 Å². The monoisotopic (exact) mass is 876 g/mol. The van der Waals surface area contributed by atoms with E-state index in [2.05, 4.69) is 86.8 Å². The molecule has 0 aliphatic carbocycles. The second kappa shape index (κ2) is 46.9. The predicted molar refractivity (Wildman–Crippen MR) is 256 cm³/mol. The van der Waals surface area contributed by atoms with E-state index in [1.54, 1.807) is 0 Å². The number of ether oxygens (including phenoxy) is 2. The number of phosphoric ester groups is 1.